The molecule has 3 nitrogen and oxygen atoms in total. The number of hydrogen-bond acceptors (Lipinski definition) is 4. The zero-order valence-electron chi connectivity index (χ0n) is 11.1. The number of anilines is 1. The molecule has 2 rings (SSSR count). The monoisotopic (exact) mass is 297 g/mol. The van der Waals surface area contributed by atoms with Crippen molar-refractivity contribution in [3.8, 4) is 11.5 Å². The van der Waals surface area contributed by atoms with E-state index in [4.69, 9.17) is 21.1 Å². The van der Waals surface area contributed by atoms with Gasteiger partial charge in [-0.15, -0.1) is 11.3 Å². The molecule has 0 spiro atoms. The highest BCUT2D eigenvalue weighted by Crippen LogP contribution is 2.36. The zero-order chi connectivity index (χ0) is 13.8. The highest BCUT2D eigenvalue weighted by Gasteiger charge is 2.10. The van der Waals surface area contributed by atoms with Gasteiger partial charge in [-0.2, -0.15) is 0 Å². The van der Waals surface area contributed by atoms with E-state index in [1.165, 1.54) is 10.4 Å². The molecule has 2 aromatic rings. The standard InChI is InChI=1S/C14H16ClNO2S/c1-9-4-5-19-14(9)8-16-11-6-10(15)12(17-2)7-13(11)18-3/h4-7,16H,8H2,1-3H3. The third-order valence-electron chi connectivity index (χ3n) is 2.88. The van der Waals surface area contributed by atoms with E-state index < -0.39 is 0 Å². The lowest BCUT2D eigenvalue weighted by atomic mass is 10.2. The van der Waals surface area contributed by atoms with Crippen LogP contribution in [0.1, 0.15) is 10.4 Å². The van der Waals surface area contributed by atoms with Gasteiger partial charge >= 0.3 is 0 Å². The molecule has 0 saturated carbocycles. The lowest BCUT2D eigenvalue weighted by molar-refractivity contribution is 0.395. The lowest BCUT2D eigenvalue weighted by Gasteiger charge is -2.13. The van der Waals surface area contributed by atoms with Crippen LogP contribution in [0.15, 0.2) is 23.6 Å². The number of aryl methyl sites for hydroxylation is 1. The Labute approximate surface area is 122 Å². The van der Waals surface area contributed by atoms with Crippen LogP contribution >= 0.6 is 22.9 Å². The number of hydrogen-bond donors (Lipinski definition) is 1. The van der Waals surface area contributed by atoms with Crippen LogP contribution in [0.5, 0.6) is 11.5 Å². The molecule has 0 amide bonds. The molecule has 102 valence electrons. The first-order valence-corrected chi connectivity index (χ1v) is 7.09. The summed E-state index contributed by atoms with van der Waals surface area (Å²) in [6.45, 7) is 2.86. The first kappa shape index (κ1) is 14.0. The molecule has 19 heavy (non-hydrogen) atoms. The van der Waals surface area contributed by atoms with Gasteiger partial charge in [0.1, 0.15) is 11.5 Å². The van der Waals surface area contributed by atoms with Crippen LogP contribution in [-0.2, 0) is 6.54 Å². The number of benzene rings is 1. The molecular formula is C14H16ClNO2S. The first-order valence-electron chi connectivity index (χ1n) is 5.84. The molecule has 1 N–H and O–H groups in total. The van der Waals surface area contributed by atoms with E-state index in [0.717, 1.165) is 18.0 Å². The number of thiophene rings is 1. The van der Waals surface area contributed by atoms with Crippen LogP contribution in [0.4, 0.5) is 5.69 Å². The normalized spacial score (nSPS) is 10.3. The highest BCUT2D eigenvalue weighted by molar-refractivity contribution is 7.10. The Balaban J connectivity index is 2.20. The summed E-state index contributed by atoms with van der Waals surface area (Å²) in [7, 11) is 3.22. The molecule has 0 aliphatic rings. The second-order valence-electron chi connectivity index (χ2n) is 4.07. The van der Waals surface area contributed by atoms with Gasteiger partial charge in [-0.3, -0.25) is 0 Å². The van der Waals surface area contributed by atoms with Gasteiger partial charge in [0, 0.05) is 17.5 Å². The van der Waals surface area contributed by atoms with E-state index in [0.29, 0.717) is 10.8 Å². The van der Waals surface area contributed by atoms with Gasteiger partial charge in [-0.1, -0.05) is 11.6 Å². The van der Waals surface area contributed by atoms with Crippen LogP contribution in [0.3, 0.4) is 0 Å². The van der Waals surface area contributed by atoms with Crippen molar-refractivity contribution < 1.29 is 9.47 Å². The van der Waals surface area contributed by atoms with E-state index in [-0.39, 0.29) is 0 Å². The van der Waals surface area contributed by atoms with E-state index >= 15 is 0 Å². The molecule has 1 aromatic heterocycles. The molecule has 0 fully saturated rings. The van der Waals surface area contributed by atoms with Gasteiger partial charge in [0.15, 0.2) is 0 Å². The van der Waals surface area contributed by atoms with Crippen molar-refractivity contribution >= 4 is 28.6 Å². The lowest BCUT2D eigenvalue weighted by Crippen LogP contribution is -2.01. The summed E-state index contributed by atoms with van der Waals surface area (Å²) in [5.41, 5.74) is 2.15. The summed E-state index contributed by atoms with van der Waals surface area (Å²) in [5, 5.41) is 6.00. The Kier molecular flexibility index (Phi) is 4.56. The summed E-state index contributed by atoms with van der Waals surface area (Å²) >= 11 is 7.87. The van der Waals surface area contributed by atoms with E-state index in [1.807, 2.05) is 6.07 Å². The second-order valence-corrected chi connectivity index (χ2v) is 5.48. The molecule has 1 heterocycles. The summed E-state index contributed by atoms with van der Waals surface area (Å²) in [6.07, 6.45) is 0. The minimum Gasteiger partial charge on any atom is -0.495 e. The molecule has 0 aliphatic carbocycles. The maximum absolute atomic E-state index is 6.13. The average Bonchev–Trinajstić information content (AvgIpc) is 2.82. The largest absolute Gasteiger partial charge is 0.495 e. The quantitative estimate of drug-likeness (QED) is 0.890. The van der Waals surface area contributed by atoms with Crippen molar-refractivity contribution in [3.63, 3.8) is 0 Å². The molecular weight excluding hydrogens is 282 g/mol. The molecule has 5 heteroatoms. The predicted molar refractivity (Wildman–Crippen MR) is 80.9 cm³/mol. The van der Waals surface area contributed by atoms with Crippen LogP contribution in [0, 0.1) is 6.92 Å². The summed E-state index contributed by atoms with van der Waals surface area (Å²) in [6, 6.07) is 5.72. The third kappa shape index (κ3) is 3.14. The molecule has 0 radical (unpaired) electrons. The Hall–Kier alpha value is -1.39. The van der Waals surface area contributed by atoms with Gasteiger partial charge in [0.25, 0.3) is 0 Å². The fourth-order valence-corrected chi connectivity index (χ4v) is 2.85. The summed E-state index contributed by atoms with van der Waals surface area (Å²) < 4.78 is 10.5. The topological polar surface area (TPSA) is 30.5 Å². The number of halogens is 1. The number of methoxy groups -OCH3 is 2. The SMILES string of the molecule is COc1cc(OC)c(NCc2sccc2C)cc1Cl. The molecule has 1 aromatic carbocycles. The number of nitrogens with one attached hydrogen (secondary N) is 1. The molecule has 0 aliphatic heterocycles. The zero-order valence-corrected chi connectivity index (χ0v) is 12.7. The smallest absolute Gasteiger partial charge is 0.145 e. The van der Waals surface area contributed by atoms with E-state index in [2.05, 4.69) is 23.7 Å². The van der Waals surface area contributed by atoms with Crippen LogP contribution in [-0.4, -0.2) is 14.2 Å². The number of ether oxygens (including phenoxy) is 2. The van der Waals surface area contributed by atoms with Crippen LogP contribution in [0.25, 0.3) is 0 Å². The molecule has 0 unspecified atom stereocenters. The molecule has 0 saturated heterocycles. The van der Waals surface area contributed by atoms with Crippen molar-refractivity contribution in [1.82, 2.24) is 0 Å². The van der Waals surface area contributed by atoms with Gasteiger partial charge < -0.3 is 14.8 Å². The maximum atomic E-state index is 6.13. The Morgan fingerprint density at radius 3 is 2.53 bits per heavy atom. The molecule has 0 bridgehead atoms. The average molecular weight is 298 g/mol. The van der Waals surface area contributed by atoms with Crippen molar-refractivity contribution in [1.29, 1.82) is 0 Å². The Morgan fingerprint density at radius 2 is 1.95 bits per heavy atom. The second kappa shape index (κ2) is 6.17. The summed E-state index contributed by atoms with van der Waals surface area (Å²) in [4.78, 5) is 1.30. The minimum atomic E-state index is 0.564. The van der Waals surface area contributed by atoms with Gasteiger partial charge in [0.2, 0.25) is 0 Å². The van der Waals surface area contributed by atoms with Gasteiger partial charge in [-0.05, 0) is 30.0 Å². The van der Waals surface area contributed by atoms with Crippen LogP contribution in [0.2, 0.25) is 5.02 Å². The Morgan fingerprint density at radius 1 is 1.21 bits per heavy atom. The summed E-state index contributed by atoms with van der Waals surface area (Å²) in [5.74, 6) is 1.33. The fraction of sp³-hybridized carbons (Fsp3) is 0.286. The van der Waals surface area contributed by atoms with Crippen molar-refractivity contribution in [2.24, 2.45) is 0 Å². The van der Waals surface area contributed by atoms with Gasteiger partial charge in [-0.25, -0.2) is 0 Å². The maximum Gasteiger partial charge on any atom is 0.145 e. The van der Waals surface area contributed by atoms with Crippen molar-refractivity contribution in [3.05, 3.63) is 39.0 Å². The third-order valence-corrected chi connectivity index (χ3v) is 4.20. The van der Waals surface area contributed by atoms with Crippen molar-refractivity contribution in [2.45, 2.75) is 13.5 Å². The van der Waals surface area contributed by atoms with Crippen molar-refractivity contribution in [2.75, 3.05) is 19.5 Å². The number of rotatable bonds is 5. The molecule has 0 atom stereocenters. The van der Waals surface area contributed by atoms with E-state index in [1.54, 1.807) is 31.6 Å². The van der Waals surface area contributed by atoms with Gasteiger partial charge in [0.05, 0.1) is 24.9 Å². The Bertz CT molecular complexity index is 569. The first-order chi connectivity index (χ1) is 9.15. The highest BCUT2D eigenvalue weighted by atomic mass is 35.5. The predicted octanol–water partition coefficient (Wildman–Crippen LogP) is 4.34. The van der Waals surface area contributed by atoms with Crippen LogP contribution < -0.4 is 14.8 Å². The van der Waals surface area contributed by atoms with E-state index in [9.17, 15) is 0 Å². The minimum absolute atomic E-state index is 0.564. The fourth-order valence-electron chi connectivity index (χ4n) is 1.76.